The van der Waals surface area contributed by atoms with E-state index in [1.54, 1.807) is 0 Å². The van der Waals surface area contributed by atoms with Gasteiger partial charge in [0.1, 0.15) is 10.6 Å². The first-order valence-electron chi connectivity index (χ1n) is 9.67. The van der Waals surface area contributed by atoms with E-state index in [1.807, 2.05) is 0 Å². The third-order valence-corrected chi connectivity index (χ3v) is 8.65. The average molecular weight is 484 g/mol. The monoisotopic (exact) mass is 483 g/mol. The first-order chi connectivity index (χ1) is 15.1. The van der Waals surface area contributed by atoms with Gasteiger partial charge in [-0.1, -0.05) is 0 Å². The first kappa shape index (κ1) is 24.1. The summed E-state index contributed by atoms with van der Waals surface area (Å²) >= 11 is 0. The van der Waals surface area contributed by atoms with Crippen molar-refractivity contribution in [3.8, 4) is 5.75 Å². The molecule has 1 heterocycles. The van der Waals surface area contributed by atoms with Crippen LogP contribution >= 0.6 is 0 Å². The van der Waals surface area contributed by atoms with Gasteiger partial charge >= 0.3 is 0 Å². The molecule has 2 aromatic carbocycles. The third kappa shape index (κ3) is 4.94. The molecule has 0 atom stereocenters. The van der Waals surface area contributed by atoms with Gasteiger partial charge < -0.3 is 14.8 Å². The molecular formula is C20H25N3O7S2. The molecule has 1 aliphatic heterocycles. The first-order valence-corrected chi connectivity index (χ1v) is 12.6. The van der Waals surface area contributed by atoms with Gasteiger partial charge in [0.15, 0.2) is 0 Å². The minimum absolute atomic E-state index is 0.0869. The molecule has 10 nitrogen and oxygen atoms in total. The molecule has 0 radical (unpaired) electrons. The predicted octanol–water partition coefficient (Wildman–Crippen LogP) is 1.22. The molecule has 1 fully saturated rings. The van der Waals surface area contributed by atoms with Crippen molar-refractivity contribution in [3.05, 3.63) is 48.0 Å². The fraction of sp³-hybridized carbons (Fsp3) is 0.350. The molecule has 1 N–H and O–H groups in total. The number of hydrogen-bond donors (Lipinski definition) is 1. The normalized spacial score (nSPS) is 15.5. The van der Waals surface area contributed by atoms with Crippen LogP contribution in [0.25, 0.3) is 0 Å². The number of carbonyl (C=O) groups excluding carboxylic acids is 1. The number of methoxy groups -OCH3 is 1. The van der Waals surface area contributed by atoms with Gasteiger partial charge in [0, 0.05) is 38.4 Å². The predicted molar refractivity (Wildman–Crippen MR) is 118 cm³/mol. The van der Waals surface area contributed by atoms with Crippen LogP contribution in [-0.2, 0) is 24.8 Å². The maximum atomic E-state index is 13.1. The molecule has 174 valence electrons. The molecule has 0 aromatic heterocycles. The zero-order valence-corrected chi connectivity index (χ0v) is 19.6. The Morgan fingerprint density at radius 1 is 1.03 bits per heavy atom. The quantitative estimate of drug-likeness (QED) is 0.628. The number of sulfonamides is 2. The second kappa shape index (κ2) is 9.55. The topological polar surface area (TPSA) is 122 Å². The molecule has 0 saturated carbocycles. The van der Waals surface area contributed by atoms with E-state index in [1.165, 1.54) is 68.0 Å². The maximum absolute atomic E-state index is 13.1. The number of benzene rings is 2. The molecule has 0 unspecified atom stereocenters. The van der Waals surface area contributed by atoms with Gasteiger partial charge in [-0.3, -0.25) is 4.79 Å². The summed E-state index contributed by atoms with van der Waals surface area (Å²) in [5, 5.41) is 2.65. The van der Waals surface area contributed by atoms with Gasteiger partial charge in [0.05, 0.1) is 25.2 Å². The van der Waals surface area contributed by atoms with Crippen molar-refractivity contribution in [2.45, 2.75) is 9.79 Å². The zero-order chi connectivity index (χ0) is 23.5. The molecule has 0 spiro atoms. The molecular weight excluding hydrogens is 458 g/mol. The fourth-order valence-corrected chi connectivity index (χ4v) is 5.56. The van der Waals surface area contributed by atoms with E-state index in [-0.39, 0.29) is 34.2 Å². The van der Waals surface area contributed by atoms with Gasteiger partial charge in [-0.05, 0) is 42.5 Å². The Kier molecular flexibility index (Phi) is 7.20. The van der Waals surface area contributed by atoms with Gasteiger partial charge in [-0.25, -0.2) is 21.1 Å². The number of anilines is 1. The molecule has 2 aromatic rings. The second-order valence-electron chi connectivity index (χ2n) is 7.15. The van der Waals surface area contributed by atoms with Crippen LogP contribution in [0.1, 0.15) is 10.4 Å². The van der Waals surface area contributed by atoms with Gasteiger partial charge in [0.2, 0.25) is 20.0 Å². The van der Waals surface area contributed by atoms with E-state index < -0.39 is 26.0 Å². The van der Waals surface area contributed by atoms with E-state index in [4.69, 9.17) is 9.47 Å². The fourth-order valence-electron chi connectivity index (χ4n) is 3.07. The lowest BCUT2D eigenvalue weighted by Crippen LogP contribution is -2.40. The van der Waals surface area contributed by atoms with Crippen molar-refractivity contribution in [3.63, 3.8) is 0 Å². The lowest BCUT2D eigenvalue weighted by atomic mass is 10.2. The van der Waals surface area contributed by atoms with E-state index in [9.17, 15) is 21.6 Å². The molecule has 1 amide bonds. The number of nitrogens with zero attached hydrogens (tertiary/aromatic N) is 2. The third-order valence-electron chi connectivity index (χ3n) is 4.90. The van der Waals surface area contributed by atoms with Crippen LogP contribution in [-0.4, -0.2) is 78.9 Å². The van der Waals surface area contributed by atoms with Crippen LogP contribution in [0.5, 0.6) is 5.75 Å². The summed E-state index contributed by atoms with van der Waals surface area (Å²) in [7, 11) is -3.26. The molecule has 32 heavy (non-hydrogen) atoms. The zero-order valence-electron chi connectivity index (χ0n) is 17.9. The summed E-state index contributed by atoms with van der Waals surface area (Å²) in [5.41, 5.74) is 0.476. The van der Waals surface area contributed by atoms with Gasteiger partial charge in [-0.2, -0.15) is 4.31 Å². The van der Waals surface area contributed by atoms with E-state index in [0.717, 1.165) is 4.31 Å². The maximum Gasteiger partial charge on any atom is 0.255 e. The highest BCUT2D eigenvalue weighted by Crippen LogP contribution is 2.29. The number of amides is 1. The molecule has 1 saturated heterocycles. The summed E-state index contributed by atoms with van der Waals surface area (Å²) < 4.78 is 63.3. The van der Waals surface area contributed by atoms with Crippen LogP contribution in [0, 0.1) is 0 Å². The van der Waals surface area contributed by atoms with Crippen molar-refractivity contribution in [2.24, 2.45) is 0 Å². The highest BCUT2D eigenvalue weighted by atomic mass is 32.2. The Labute approximate surface area is 187 Å². The molecule has 3 rings (SSSR count). The van der Waals surface area contributed by atoms with Crippen LogP contribution in [0.2, 0.25) is 0 Å². The lowest BCUT2D eigenvalue weighted by molar-refractivity contribution is 0.0729. The van der Waals surface area contributed by atoms with Crippen molar-refractivity contribution in [2.75, 3.05) is 52.8 Å². The highest BCUT2D eigenvalue weighted by Gasteiger charge is 2.30. The number of rotatable bonds is 7. The van der Waals surface area contributed by atoms with Crippen LogP contribution in [0.4, 0.5) is 5.69 Å². The van der Waals surface area contributed by atoms with E-state index in [2.05, 4.69) is 5.32 Å². The summed E-state index contributed by atoms with van der Waals surface area (Å²) in [6.07, 6.45) is 0. The molecule has 0 bridgehead atoms. The van der Waals surface area contributed by atoms with E-state index >= 15 is 0 Å². The minimum Gasteiger partial charge on any atom is -0.495 e. The average Bonchev–Trinajstić information content (AvgIpc) is 2.79. The Bertz CT molecular complexity index is 1190. The number of hydrogen-bond acceptors (Lipinski definition) is 7. The number of nitrogens with one attached hydrogen (secondary N) is 1. The standard InChI is InChI=1S/C20H25N3O7S2/c1-22(2)31(25,26)17-7-5-16(6-8-17)21-20(24)15-4-9-18(29-3)19(14-15)32(27,28)23-10-12-30-13-11-23/h4-9,14H,10-13H2,1-3H3,(H,21,24). The summed E-state index contributed by atoms with van der Waals surface area (Å²) in [4.78, 5) is 12.7. The summed E-state index contributed by atoms with van der Waals surface area (Å²) in [6.45, 7) is 1.01. The number of carbonyl (C=O) groups is 1. The molecule has 1 aliphatic rings. The molecule has 0 aliphatic carbocycles. The molecule has 12 heteroatoms. The largest absolute Gasteiger partial charge is 0.495 e. The highest BCUT2D eigenvalue weighted by molar-refractivity contribution is 7.89. The Balaban J connectivity index is 1.85. The second-order valence-corrected chi connectivity index (χ2v) is 11.2. The van der Waals surface area contributed by atoms with Crippen LogP contribution in [0.15, 0.2) is 52.3 Å². The lowest BCUT2D eigenvalue weighted by Gasteiger charge is -2.26. The Morgan fingerprint density at radius 2 is 1.66 bits per heavy atom. The van der Waals surface area contributed by atoms with Crippen molar-refractivity contribution in [1.82, 2.24) is 8.61 Å². The summed E-state index contributed by atoms with van der Waals surface area (Å²) in [5.74, 6) is -0.416. The van der Waals surface area contributed by atoms with E-state index in [0.29, 0.717) is 18.9 Å². The Hall–Kier alpha value is -2.51. The van der Waals surface area contributed by atoms with Crippen molar-refractivity contribution >= 4 is 31.6 Å². The number of ether oxygens (including phenoxy) is 2. The van der Waals surface area contributed by atoms with Crippen molar-refractivity contribution in [1.29, 1.82) is 0 Å². The van der Waals surface area contributed by atoms with Crippen LogP contribution in [0.3, 0.4) is 0 Å². The van der Waals surface area contributed by atoms with Crippen molar-refractivity contribution < 1.29 is 31.1 Å². The summed E-state index contributed by atoms with van der Waals surface area (Å²) in [6, 6.07) is 9.84. The number of morpholine rings is 1. The SMILES string of the molecule is COc1ccc(C(=O)Nc2ccc(S(=O)(=O)N(C)C)cc2)cc1S(=O)(=O)N1CCOCC1. The van der Waals surface area contributed by atoms with Crippen LogP contribution < -0.4 is 10.1 Å². The van der Waals surface area contributed by atoms with Gasteiger partial charge in [0.25, 0.3) is 5.91 Å². The Morgan fingerprint density at radius 3 is 2.22 bits per heavy atom. The minimum atomic E-state index is -3.89. The van der Waals surface area contributed by atoms with Gasteiger partial charge in [-0.15, -0.1) is 0 Å². The smallest absolute Gasteiger partial charge is 0.255 e.